The zero-order chi connectivity index (χ0) is 12.7. The lowest BCUT2D eigenvalue weighted by atomic mass is 10.2. The first-order valence-corrected chi connectivity index (χ1v) is 7.38. The van der Waals surface area contributed by atoms with Gasteiger partial charge in [0.15, 0.2) is 5.78 Å². The van der Waals surface area contributed by atoms with Crippen LogP contribution in [-0.4, -0.2) is 18.3 Å². The normalized spacial score (nSPS) is 10.5. The lowest BCUT2D eigenvalue weighted by Gasteiger charge is -1.96. The number of ketones is 1. The molecule has 0 heterocycles. The first-order chi connectivity index (χ1) is 8.17. The SMILES string of the molecule is CSC(=CC(=O)/C=C/c1ccccc1F)SC. The molecule has 0 N–H and O–H groups in total. The molecule has 0 atom stereocenters. The van der Waals surface area contributed by atoms with Crippen LogP contribution in [0.15, 0.2) is 40.7 Å². The van der Waals surface area contributed by atoms with E-state index in [-0.39, 0.29) is 11.6 Å². The van der Waals surface area contributed by atoms with Gasteiger partial charge in [0, 0.05) is 15.9 Å². The Morgan fingerprint density at radius 1 is 1.24 bits per heavy atom. The lowest BCUT2D eigenvalue weighted by molar-refractivity contribution is -0.110. The van der Waals surface area contributed by atoms with Gasteiger partial charge in [0.2, 0.25) is 0 Å². The molecule has 17 heavy (non-hydrogen) atoms. The Bertz CT molecular complexity index is 446. The average Bonchev–Trinajstić information content (AvgIpc) is 2.35. The van der Waals surface area contributed by atoms with Crippen molar-refractivity contribution >= 4 is 35.4 Å². The lowest BCUT2D eigenvalue weighted by Crippen LogP contribution is -1.87. The van der Waals surface area contributed by atoms with E-state index in [0.717, 1.165) is 4.24 Å². The van der Waals surface area contributed by atoms with E-state index in [4.69, 9.17) is 0 Å². The van der Waals surface area contributed by atoms with Gasteiger partial charge in [-0.1, -0.05) is 18.2 Å². The maximum atomic E-state index is 13.2. The van der Waals surface area contributed by atoms with Gasteiger partial charge in [-0.3, -0.25) is 4.79 Å². The van der Waals surface area contributed by atoms with Crippen LogP contribution in [-0.2, 0) is 4.79 Å². The fraction of sp³-hybridized carbons (Fsp3) is 0.154. The Labute approximate surface area is 109 Å². The largest absolute Gasteiger partial charge is 0.290 e. The third kappa shape index (κ3) is 4.79. The van der Waals surface area contributed by atoms with Crippen LogP contribution in [0.5, 0.6) is 0 Å². The Morgan fingerprint density at radius 3 is 2.47 bits per heavy atom. The standard InChI is InChI=1S/C13H13FOS2/c1-16-13(17-2)9-11(15)8-7-10-5-3-4-6-12(10)14/h3-9H,1-2H3/b8-7+. The molecular weight excluding hydrogens is 255 g/mol. The zero-order valence-electron chi connectivity index (χ0n) is 9.64. The molecule has 1 aromatic carbocycles. The average molecular weight is 268 g/mol. The zero-order valence-corrected chi connectivity index (χ0v) is 11.3. The summed E-state index contributed by atoms with van der Waals surface area (Å²) in [6.07, 6.45) is 8.25. The minimum Gasteiger partial charge on any atom is -0.290 e. The van der Waals surface area contributed by atoms with Crippen molar-refractivity contribution in [3.63, 3.8) is 0 Å². The number of thioether (sulfide) groups is 2. The van der Waals surface area contributed by atoms with Crippen LogP contribution in [0.25, 0.3) is 6.08 Å². The van der Waals surface area contributed by atoms with Crippen molar-refractivity contribution in [2.24, 2.45) is 0 Å². The molecule has 0 unspecified atom stereocenters. The number of halogens is 1. The van der Waals surface area contributed by atoms with Crippen LogP contribution in [0.2, 0.25) is 0 Å². The van der Waals surface area contributed by atoms with E-state index in [2.05, 4.69) is 0 Å². The second kappa shape index (κ2) is 7.35. The minimum absolute atomic E-state index is 0.132. The van der Waals surface area contributed by atoms with E-state index in [1.54, 1.807) is 24.3 Å². The number of hydrogen-bond acceptors (Lipinski definition) is 3. The fourth-order valence-corrected chi connectivity index (χ4v) is 2.28. The Hall–Kier alpha value is -1.000. The van der Waals surface area contributed by atoms with Crippen LogP contribution in [0.4, 0.5) is 4.39 Å². The van der Waals surface area contributed by atoms with Gasteiger partial charge in [-0.05, 0) is 30.7 Å². The fourth-order valence-electron chi connectivity index (χ4n) is 1.15. The van der Waals surface area contributed by atoms with Gasteiger partial charge in [0.25, 0.3) is 0 Å². The summed E-state index contributed by atoms with van der Waals surface area (Å²) in [5, 5.41) is 0. The Kier molecular flexibility index (Phi) is 6.08. The van der Waals surface area contributed by atoms with Crippen molar-refractivity contribution in [3.8, 4) is 0 Å². The van der Waals surface area contributed by atoms with Crippen molar-refractivity contribution in [1.29, 1.82) is 0 Å². The molecule has 0 spiro atoms. The van der Waals surface area contributed by atoms with Crippen LogP contribution in [0.1, 0.15) is 5.56 Å². The van der Waals surface area contributed by atoms with E-state index in [1.807, 2.05) is 12.5 Å². The highest BCUT2D eigenvalue weighted by molar-refractivity contribution is 8.21. The summed E-state index contributed by atoms with van der Waals surface area (Å²) in [7, 11) is 0. The molecule has 0 saturated heterocycles. The molecule has 0 bridgehead atoms. The molecule has 0 saturated carbocycles. The van der Waals surface area contributed by atoms with Crippen LogP contribution >= 0.6 is 23.5 Å². The van der Waals surface area contributed by atoms with E-state index in [1.165, 1.54) is 41.7 Å². The van der Waals surface area contributed by atoms with Gasteiger partial charge in [-0.15, -0.1) is 23.5 Å². The van der Waals surface area contributed by atoms with Crippen molar-refractivity contribution in [2.45, 2.75) is 0 Å². The number of carbonyl (C=O) groups is 1. The molecule has 1 nitrogen and oxygen atoms in total. The van der Waals surface area contributed by atoms with E-state index < -0.39 is 0 Å². The predicted octanol–water partition coefficient (Wildman–Crippen LogP) is 3.98. The molecule has 0 fully saturated rings. The highest BCUT2D eigenvalue weighted by atomic mass is 32.2. The minimum atomic E-state index is -0.324. The molecule has 0 aliphatic carbocycles. The third-order valence-corrected chi connectivity index (χ3v) is 4.04. The molecule has 0 aliphatic rings. The van der Waals surface area contributed by atoms with E-state index in [9.17, 15) is 9.18 Å². The molecule has 1 rings (SSSR count). The molecule has 4 heteroatoms. The van der Waals surface area contributed by atoms with Gasteiger partial charge >= 0.3 is 0 Å². The summed E-state index contributed by atoms with van der Waals surface area (Å²) in [5.74, 6) is -0.456. The number of benzene rings is 1. The van der Waals surface area contributed by atoms with Gasteiger partial charge < -0.3 is 0 Å². The number of rotatable bonds is 5. The summed E-state index contributed by atoms with van der Waals surface area (Å²) in [6, 6.07) is 6.36. The summed E-state index contributed by atoms with van der Waals surface area (Å²) in [6.45, 7) is 0. The summed E-state index contributed by atoms with van der Waals surface area (Å²) in [5.41, 5.74) is 0.420. The molecule has 90 valence electrons. The van der Waals surface area contributed by atoms with Crippen molar-refractivity contribution in [1.82, 2.24) is 0 Å². The van der Waals surface area contributed by atoms with Gasteiger partial charge in [0.1, 0.15) is 5.82 Å². The summed E-state index contributed by atoms with van der Waals surface area (Å²) in [4.78, 5) is 11.5. The first-order valence-electron chi connectivity index (χ1n) is 4.93. The number of allylic oxidation sites excluding steroid dienone is 2. The summed E-state index contributed by atoms with van der Waals surface area (Å²) >= 11 is 3.04. The highest BCUT2D eigenvalue weighted by Crippen LogP contribution is 2.23. The molecule has 0 radical (unpaired) electrons. The Balaban J connectivity index is 2.76. The number of carbonyl (C=O) groups excluding carboxylic acids is 1. The Morgan fingerprint density at radius 2 is 1.88 bits per heavy atom. The number of hydrogen-bond donors (Lipinski definition) is 0. The smallest absolute Gasteiger partial charge is 0.180 e. The third-order valence-electron chi connectivity index (χ3n) is 1.99. The second-order valence-electron chi connectivity index (χ2n) is 3.13. The second-order valence-corrected chi connectivity index (χ2v) is 5.08. The van der Waals surface area contributed by atoms with Crippen molar-refractivity contribution < 1.29 is 9.18 Å². The van der Waals surface area contributed by atoms with Crippen LogP contribution in [0, 0.1) is 5.82 Å². The van der Waals surface area contributed by atoms with Crippen LogP contribution < -0.4 is 0 Å². The maximum absolute atomic E-state index is 13.2. The topological polar surface area (TPSA) is 17.1 Å². The molecule has 0 amide bonds. The van der Waals surface area contributed by atoms with Crippen molar-refractivity contribution in [2.75, 3.05) is 12.5 Å². The molecule has 0 aromatic heterocycles. The first kappa shape index (κ1) is 14.1. The quantitative estimate of drug-likeness (QED) is 0.752. The molecule has 1 aromatic rings. The maximum Gasteiger partial charge on any atom is 0.180 e. The van der Waals surface area contributed by atoms with Crippen molar-refractivity contribution in [3.05, 3.63) is 52.0 Å². The predicted molar refractivity (Wildman–Crippen MR) is 75.6 cm³/mol. The van der Waals surface area contributed by atoms with Gasteiger partial charge in [0.05, 0.1) is 0 Å². The summed E-state index contributed by atoms with van der Waals surface area (Å²) < 4.78 is 14.2. The van der Waals surface area contributed by atoms with Gasteiger partial charge in [-0.2, -0.15) is 0 Å². The monoisotopic (exact) mass is 268 g/mol. The molecular formula is C13H13FOS2. The van der Waals surface area contributed by atoms with Crippen LogP contribution in [0.3, 0.4) is 0 Å². The van der Waals surface area contributed by atoms with E-state index >= 15 is 0 Å². The molecule has 0 aliphatic heterocycles. The highest BCUT2D eigenvalue weighted by Gasteiger charge is 1.98. The van der Waals surface area contributed by atoms with Gasteiger partial charge in [-0.25, -0.2) is 4.39 Å². The van der Waals surface area contributed by atoms with E-state index in [0.29, 0.717) is 5.56 Å².